The van der Waals surface area contributed by atoms with E-state index in [1.807, 2.05) is 0 Å². The molecule has 1 unspecified atom stereocenters. The SMILES string of the molecule is C=C(C)C(=O)OCCC1(Cl)CCCCO1. The Bertz CT molecular complexity index is 244. The van der Waals surface area contributed by atoms with E-state index >= 15 is 0 Å². The van der Waals surface area contributed by atoms with E-state index in [1.54, 1.807) is 6.92 Å². The first-order valence-corrected chi connectivity index (χ1v) is 5.57. The van der Waals surface area contributed by atoms with Crippen LogP contribution in [-0.4, -0.2) is 24.2 Å². The van der Waals surface area contributed by atoms with Crippen LogP contribution in [0.3, 0.4) is 0 Å². The number of hydrogen-bond acceptors (Lipinski definition) is 3. The Balaban J connectivity index is 2.24. The van der Waals surface area contributed by atoms with E-state index in [0.717, 1.165) is 19.3 Å². The predicted molar refractivity (Wildman–Crippen MR) is 58.8 cm³/mol. The van der Waals surface area contributed by atoms with Crippen LogP contribution in [0.25, 0.3) is 0 Å². The fourth-order valence-corrected chi connectivity index (χ4v) is 1.72. The molecule has 0 amide bonds. The summed E-state index contributed by atoms with van der Waals surface area (Å²) in [6, 6.07) is 0. The first-order valence-electron chi connectivity index (χ1n) is 5.19. The number of alkyl halides is 1. The van der Waals surface area contributed by atoms with Crippen molar-refractivity contribution in [3.63, 3.8) is 0 Å². The van der Waals surface area contributed by atoms with Crippen LogP contribution < -0.4 is 0 Å². The third-order valence-corrected chi connectivity index (χ3v) is 2.85. The Labute approximate surface area is 95.4 Å². The van der Waals surface area contributed by atoms with E-state index in [2.05, 4.69) is 6.58 Å². The lowest BCUT2D eigenvalue weighted by Crippen LogP contribution is -2.31. The van der Waals surface area contributed by atoms with E-state index in [-0.39, 0.29) is 12.6 Å². The lowest BCUT2D eigenvalue weighted by Gasteiger charge is -2.31. The average Bonchev–Trinajstić information content (AvgIpc) is 2.18. The fourth-order valence-electron chi connectivity index (χ4n) is 1.43. The number of carbonyl (C=O) groups excluding carboxylic acids is 1. The molecule has 3 nitrogen and oxygen atoms in total. The Kier molecular flexibility index (Phi) is 4.61. The molecular weight excluding hydrogens is 216 g/mol. The zero-order chi connectivity index (χ0) is 11.3. The molecule has 1 fully saturated rings. The molecule has 4 heteroatoms. The van der Waals surface area contributed by atoms with Gasteiger partial charge in [-0.25, -0.2) is 4.79 Å². The summed E-state index contributed by atoms with van der Waals surface area (Å²) in [5, 5.41) is -0.631. The highest BCUT2D eigenvalue weighted by atomic mass is 35.5. The molecule has 0 radical (unpaired) electrons. The van der Waals surface area contributed by atoms with Gasteiger partial charge in [-0.05, 0) is 26.2 Å². The molecule has 1 heterocycles. The van der Waals surface area contributed by atoms with Crippen molar-refractivity contribution in [2.45, 2.75) is 37.7 Å². The van der Waals surface area contributed by atoms with E-state index in [4.69, 9.17) is 21.1 Å². The number of halogens is 1. The van der Waals surface area contributed by atoms with Crippen LogP contribution in [0.5, 0.6) is 0 Å². The van der Waals surface area contributed by atoms with Crippen molar-refractivity contribution < 1.29 is 14.3 Å². The molecule has 0 bridgehead atoms. The molecule has 0 aromatic heterocycles. The molecule has 0 aromatic rings. The van der Waals surface area contributed by atoms with E-state index < -0.39 is 5.06 Å². The summed E-state index contributed by atoms with van der Waals surface area (Å²) in [6.07, 6.45) is 3.48. The maximum absolute atomic E-state index is 11.1. The van der Waals surface area contributed by atoms with E-state index in [0.29, 0.717) is 18.6 Å². The number of hydrogen-bond donors (Lipinski definition) is 0. The first-order chi connectivity index (χ1) is 7.03. The number of carbonyl (C=O) groups is 1. The van der Waals surface area contributed by atoms with E-state index in [1.165, 1.54) is 0 Å². The first kappa shape index (κ1) is 12.5. The zero-order valence-corrected chi connectivity index (χ0v) is 9.81. The normalized spacial score (nSPS) is 26.0. The smallest absolute Gasteiger partial charge is 0.333 e. The largest absolute Gasteiger partial charge is 0.462 e. The lowest BCUT2D eigenvalue weighted by atomic mass is 10.1. The molecule has 0 aromatic carbocycles. The van der Waals surface area contributed by atoms with Crippen LogP contribution in [0.2, 0.25) is 0 Å². The molecule has 0 N–H and O–H groups in total. The zero-order valence-electron chi connectivity index (χ0n) is 9.05. The molecule has 1 aliphatic rings. The molecule has 0 saturated carbocycles. The summed E-state index contributed by atoms with van der Waals surface area (Å²) in [5.41, 5.74) is 0.406. The maximum Gasteiger partial charge on any atom is 0.333 e. The Morgan fingerprint density at radius 3 is 2.87 bits per heavy atom. The minimum absolute atomic E-state index is 0.287. The lowest BCUT2D eigenvalue weighted by molar-refractivity contribution is -0.140. The van der Waals surface area contributed by atoms with Gasteiger partial charge in [-0.2, -0.15) is 0 Å². The van der Waals surface area contributed by atoms with Gasteiger partial charge in [-0.15, -0.1) is 0 Å². The van der Waals surface area contributed by atoms with Crippen molar-refractivity contribution in [1.29, 1.82) is 0 Å². The number of rotatable bonds is 4. The molecule has 1 atom stereocenters. The van der Waals surface area contributed by atoms with Crippen molar-refractivity contribution in [3.05, 3.63) is 12.2 Å². The predicted octanol–water partition coefficient (Wildman–Crippen LogP) is 2.63. The summed E-state index contributed by atoms with van der Waals surface area (Å²) in [6.45, 7) is 6.10. The monoisotopic (exact) mass is 232 g/mol. The molecule has 0 spiro atoms. The second kappa shape index (κ2) is 5.52. The quantitative estimate of drug-likeness (QED) is 0.425. The molecule has 1 saturated heterocycles. The Hall–Kier alpha value is -0.540. The maximum atomic E-state index is 11.1. The Morgan fingerprint density at radius 1 is 1.60 bits per heavy atom. The van der Waals surface area contributed by atoms with Crippen molar-refractivity contribution in [2.75, 3.05) is 13.2 Å². The molecule has 15 heavy (non-hydrogen) atoms. The summed E-state index contributed by atoms with van der Waals surface area (Å²) in [4.78, 5) is 11.1. The van der Waals surface area contributed by atoms with Gasteiger partial charge in [0.05, 0.1) is 6.61 Å². The third-order valence-electron chi connectivity index (χ3n) is 2.36. The van der Waals surface area contributed by atoms with Gasteiger partial charge in [-0.3, -0.25) is 0 Å². The minimum atomic E-state index is -0.631. The fraction of sp³-hybridized carbons (Fsp3) is 0.727. The number of ether oxygens (including phenoxy) is 2. The van der Waals surface area contributed by atoms with E-state index in [9.17, 15) is 4.79 Å². The van der Waals surface area contributed by atoms with Crippen LogP contribution in [-0.2, 0) is 14.3 Å². The molecule has 86 valence electrons. The standard InChI is InChI=1S/C11H17ClO3/c1-9(2)10(13)14-8-6-11(12)5-3-4-7-15-11/h1,3-8H2,2H3. The topological polar surface area (TPSA) is 35.5 Å². The van der Waals surface area contributed by atoms with Crippen molar-refractivity contribution in [2.24, 2.45) is 0 Å². The molecule has 1 rings (SSSR count). The van der Waals surface area contributed by atoms with Gasteiger partial charge in [0.2, 0.25) is 0 Å². The minimum Gasteiger partial charge on any atom is -0.462 e. The molecule has 0 aliphatic carbocycles. The summed E-state index contributed by atoms with van der Waals surface area (Å²) < 4.78 is 10.4. The summed E-state index contributed by atoms with van der Waals surface area (Å²) in [7, 11) is 0. The van der Waals surface area contributed by atoms with Crippen LogP contribution in [0.15, 0.2) is 12.2 Å². The highest BCUT2D eigenvalue weighted by molar-refractivity contribution is 6.22. The van der Waals surface area contributed by atoms with Crippen molar-refractivity contribution >= 4 is 17.6 Å². The van der Waals surface area contributed by atoms with Crippen molar-refractivity contribution in [3.8, 4) is 0 Å². The summed E-state index contributed by atoms with van der Waals surface area (Å²) >= 11 is 6.20. The second-order valence-corrected chi connectivity index (χ2v) is 4.54. The average molecular weight is 233 g/mol. The van der Waals surface area contributed by atoms with Crippen LogP contribution in [0.1, 0.15) is 32.6 Å². The molecule has 1 aliphatic heterocycles. The van der Waals surface area contributed by atoms with Gasteiger partial charge < -0.3 is 9.47 Å². The van der Waals surface area contributed by atoms with Gasteiger partial charge in [0, 0.05) is 18.6 Å². The Morgan fingerprint density at radius 2 is 2.33 bits per heavy atom. The van der Waals surface area contributed by atoms with Gasteiger partial charge >= 0.3 is 5.97 Å². The van der Waals surface area contributed by atoms with Crippen LogP contribution in [0.4, 0.5) is 0 Å². The van der Waals surface area contributed by atoms with Crippen molar-refractivity contribution in [1.82, 2.24) is 0 Å². The summed E-state index contributed by atoms with van der Waals surface area (Å²) in [5.74, 6) is -0.369. The number of esters is 1. The van der Waals surface area contributed by atoms with Crippen LogP contribution >= 0.6 is 11.6 Å². The van der Waals surface area contributed by atoms with Gasteiger partial charge in [0.25, 0.3) is 0 Å². The molecular formula is C11H17ClO3. The van der Waals surface area contributed by atoms with Gasteiger partial charge in [0.1, 0.15) is 5.06 Å². The van der Waals surface area contributed by atoms with Crippen LogP contribution in [0, 0.1) is 0 Å². The second-order valence-electron chi connectivity index (χ2n) is 3.85. The van der Waals surface area contributed by atoms with Gasteiger partial charge in [0.15, 0.2) is 0 Å². The third kappa shape index (κ3) is 4.22. The highest BCUT2D eigenvalue weighted by Gasteiger charge is 2.30. The highest BCUT2D eigenvalue weighted by Crippen LogP contribution is 2.32. The van der Waals surface area contributed by atoms with Gasteiger partial charge in [-0.1, -0.05) is 18.2 Å².